The Morgan fingerprint density at radius 1 is 0.939 bits per heavy atom. The summed E-state index contributed by atoms with van der Waals surface area (Å²) < 4.78 is 6.58. The summed E-state index contributed by atoms with van der Waals surface area (Å²) in [5.41, 5.74) is 1.64. The van der Waals surface area contributed by atoms with E-state index >= 15 is 0 Å². The molecule has 0 amide bonds. The topological polar surface area (TPSA) is 9.23 Å². The number of methoxy groups -OCH3 is 1. The summed E-state index contributed by atoms with van der Waals surface area (Å²) in [5.74, 6) is 6.72. The fourth-order valence-corrected chi connectivity index (χ4v) is 15.3. The molecule has 6 rings (SSSR count). The fourth-order valence-electron chi connectivity index (χ4n) is 11.7. The largest absolute Gasteiger partial charge is 0.381 e. The quantitative estimate of drug-likeness (QED) is 0.270. The molecule has 0 bridgehead atoms. The van der Waals surface area contributed by atoms with Crippen molar-refractivity contribution in [3.63, 3.8) is 0 Å². The summed E-state index contributed by atoms with van der Waals surface area (Å²) in [5, 5.41) is 0. The van der Waals surface area contributed by atoms with E-state index in [1.807, 2.05) is 7.11 Å². The van der Waals surface area contributed by atoms with E-state index in [9.17, 15) is 0 Å². The molecule has 6 saturated carbocycles. The van der Waals surface area contributed by atoms with Gasteiger partial charge in [0.2, 0.25) is 0 Å². The highest BCUT2D eigenvalue weighted by Gasteiger charge is 2.78. The Kier molecular flexibility index (Phi) is 5.61. The molecule has 0 saturated heterocycles. The van der Waals surface area contributed by atoms with E-state index in [0.717, 1.165) is 35.5 Å². The van der Waals surface area contributed by atoms with Crippen molar-refractivity contribution < 1.29 is 4.74 Å². The first kappa shape index (κ1) is 24.7. The van der Waals surface area contributed by atoms with Gasteiger partial charge in [-0.3, -0.25) is 0 Å². The Hall–Kier alpha value is 1.40. The van der Waals surface area contributed by atoms with Crippen molar-refractivity contribution in [3.05, 3.63) is 0 Å². The number of halogens is 3. The molecule has 6 aliphatic rings. The normalized spacial score (nSPS) is 58.9. The third-order valence-corrected chi connectivity index (χ3v) is 19.0. The zero-order valence-electron chi connectivity index (χ0n) is 21.6. The van der Waals surface area contributed by atoms with Gasteiger partial charge in [0.1, 0.15) is 3.23 Å². The summed E-state index contributed by atoms with van der Waals surface area (Å²) in [6, 6.07) is 0. The van der Waals surface area contributed by atoms with Crippen molar-refractivity contribution in [3.8, 4) is 0 Å². The maximum Gasteiger partial charge on any atom is 0.101 e. The highest BCUT2D eigenvalue weighted by atomic mass is 79.9. The van der Waals surface area contributed by atoms with E-state index in [4.69, 9.17) is 4.74 Å². The van der Waals surface area contributed by atoms with Gasteiger partial charge in [0.15, 0.2) is 0 Å². The van der Waals surface area contributed by atoms with Gasteiger partial charge < -0.3 is 4.74 Å². The van der Waals surface area contributed by atoms with Crippen LogP contribution in [0, 0.1) is 63.6 Å². The van der Waals surface area contributed by atoms with E-state index in [1.165, 1.54) is 57.8 Å². The molecule has 1 nitrogen and oxygen atoms in total. The number of rotatable bonds is 5. The first-order valence-electron chi connectivity index (χ1n) is 14.0. The van der Waals surface area contributed by atoms with E-state index in [-0.39, 0.29) is 7.56 Å². The molecular formula is C29H45Br3O. The number of fused-ring (bicyclic) bond motifs is 4. The smallest absolute Gasteiger partial charge is 0.101 e. The van der Waals surface area contributed by atoms with Crippen LogP contribution in [0.4, 0.5) is 0 Å². The summed E-state index contributed by atoms with van der Waals surface area (Å²) in [7, 11) is 2.03. The van der Waals surface area contributed by atoms with Gasteiger partial charge in [-0.2, -0.15) is 0 Å². The van der Waals surface area contributed by atoms with Crippen molar-refractivity contribution in [2.45, 2.75) is 106 Å². The minimum absolute atomic E-state index is 0.0627. The molecule has 188 valence electrons. The zero-order chi connectivity index (χ0) is 23.8. The molecule has 0 heterocycles. The van der Waals surface area contributed by atoms with Crippen LogP contribution < -0.4 is 0 Å². The number of alkyl halides is 3. The van der Waals surface area contributed by atoms with E-state index in [1.54, 1.807) is 0 Å². The van der Waals surface area contributed by atoms with Gasteiger partial charge in [-0.15, -0.1) is 0 Å². The Morgan fingerprint density at radius 2 is 1.67 bits per heavy atom. The zero-order valence-corrected chi connectivity index (χ0v) is 26.4. The van der Waals surface area contributed by atoms with Crippen LogP contribution in [0.25, 0.3) is 0 Å². The Balaban J connectivity index is 1.23. The molecule has 4 heteroatoms. The average molecular weight is 649 g/mol. The van der Waals surface area contributed by atoms with Crippen LogP contribution in [-0.2, 0) is 4.74 Å². The van der Waals surface area contributed by atoms with Gasteiger partial charge >= 0.3 is 0 Å². The highest BCUT2D eigenvalue weighted by Crippen LogP contribution is 2.82. The van der Waals surface area contributed by atoms with Gasteiger partial charge in [0.05, 0.1) is 10.4 Å². The molecule has 0 aromatic heterocycles. The number of hydrogen-bond donors (Lipinski definition) is 0. The number of ether oxygens (including phenoxy) is 1. The maximum absolute atomic E-state index is 6.33. The van der Waals surface area contributed by atoms with Crippen molar-refractivity contribution >= 4 is 47.8 Å². The lowest BCUT2D eigenvalue weighted by atomic mass is 9.45. The second kappa shape index (κ2) is 7.49. The van der Waals surface area contributed by atoms with Crippen LogP contribution in [0.3, 0.4) is 0 Å². The molecule has 0 radical (unpaired) electrons. The predicted molar refractivity (Wildman–Crippen MR) is 148 cm³/mol. The molecule has 6 aliphatic carbocycles. The molecule has 12 atom stereocenters. The Morgan fingerprint density at radius 3 is 2.27 bits per heavy atom. The lowest BCUT2D eigenvalue weighted by Crippen LogP contribution is -2.57. The Labute approximate surface area is 228 Å². The van der Waals surface area contributed by atoms with Gasteiger partial charge in [0.25, 0.3) is 0 Å². The van der Waals surface area contributed by atoms with Crippen molar-refractivity contribution in [1.82, 2.24) is 0 Å². The Bertz CT molecular complexity index is 828. The van der Waals surface area contributed by atoms with Crippen molar-refractivity contribution in [1.29, 1.82) is 0 Å². The maximum atomic E-state index is 6.33. The molecule has 8 unspecified atom stereocenters. The first-order chi connectivity index (χ1) is 15.4. The SMILES string of the molecule is CO[C@@H]1CC2C3CCC([C@H](C)CC4C(Br)(Br)C4(Br)C(C)C)[C@@]3(C)CCC2[C@@]2(C)CCC3CC312. The molecule has 1 spiro atoms. The third kappa shape index (κ3) is 2.85. The van der Waals surface area contributed by atoms with Crippen LogP contribution in [-0.4, -0.2) is 20.8 Å². The average Bonchev–Trinajstić information content (AvgIpc) is 3.44. The standard InChI is InChI=1S/C29H45Br3O/c1-16(2)28(30)23(29(28,31)32)13-17(3)20-7-8-21-19-14-24(33-6)27-15-18(27)9-12-26(27,5)22(19)10-11-25(20,21)4/h16-24H,7-15H2,1-6H3/t17-,18?,19?,20?,21?,22?,23?,24-,25-,26-,27?,28?/m1/s1. The molecule has 0 N–H and O–H groups in total. The minimum Gasteiger partial charge on any atom is -0.381 e. The molecule has 33 heavy (non-hydrogen) atoms. The van der Waals surface area contributed by atoms with E-state index < -0.39 is 0 Å². The van der Waals surface area contributed by atoms with E-state index in [0.29, 0.717) is 34.2 Å². The van der Waals surface area contributed by atoms with Crippen LogP contribution in [0.1, 0.15) is 92.4 Å². The van der Waals surface area contributed by atoms with Crippen LogP contribution >= 0.6 is 47.8 Å². The lowest BCUT2D eigenvalue weighted by molar-refractivity contribution is -0.161. The molecule has 6 fully saturated rings. The van der Waals surface area contributed by atoms with Crippen LogP contribution in [0.5, 0.6) is 0 Å². The third-order valence-electron chi connectivity index (χ3n) is 13.4. The predicted octanol–water partition coefficient (Wildman–Crippen LogP) is 9.20. The van der Waals surface area contributed by atoms with Gasteiger partial charge in [0, 0.05) is 18.4 Å². The fraction of sp³-hybridized carbons (Fsp3) is 1.00. The van der Waals surface area contributed by atoms with Gasteiger partial charge in [-0.05, 0) is 110 Å². The van der Waals surface area contributed by atoms with E-state index in [2.05, 4.69) is 82.4 Å². The highest BCUT2D eigenvalue weighted by molar-refractivity contribution is 9.26. The summed E-state index contributed by atoms with van der Waals surface area (Å²) in [6.07, 6.45) is 13.5. The molecule has 0 aliphatic heterocycles. The number of hydrogen-bond acceptors (Lipinski definition) is 1. The van der Waals surface area contributed by atoms with Crippen LogP contribution in [0.2, 0.25) is 0 Å². The second-order valence-electron chi connectivity index (χ2n) is 14.3. The summed E-state index contributed by atoms with van der Waals surface area (Å²) in [4.78, 5) is 0. The van der Waals surface area contributed by atoms with Crippen molar-refractivity contribution in [2.24, 2.45) is 63.6 Å². The summed E-state index contributed by atoms with van der Waals surface area (Å²) >= 11 is 12.3. The lowest BCUT2D eigenvalue weighted by Gasteiger charge is -2.61. The van der Waals surface area contributed by atoms with Crippen molar-refractivity contribution in [2.75, 3.05) is 7.11 Å². The molecule has 0 aromatic rings. The van der Waals surface area contributed by atoms with Gasteiger partial charge in [-0.1, -0.05) is 82.4 Å². The second-order valence-corrected chi connectivity index (χ2v) is 19.2. The molecular weight excluding hydrogens is 604 g/mol. The first-order valence-corrected chi connectivity index (χ1v) is 16.4. The van der Waals surface area contributed by atoms with Crippen LogP contribution in [0.15, 0.2) is 0 Å². The van der Waals surface area contributed by atoms with Gasteiger partial charge in [-0.25, -0.2) is 0 Å². The summed E-state index contributed by atoms with van der Waals surface area (Å²) in [6.45, 7) is 12.7. The molecule has 0 aromatic carbocycles. The minimum atomic E-state index is 0.0627. The monoisotopic (exact) mass is 646 g/mol.